The van der Waals surface area contributed by atoms with Gasteiger partial charge in [-0.05, 0) is 24.3 Å². The van der Waals surface area contributed by atoms with Crippen molar-refractivity contribution in [1.82, 2.24) is 4.90 Å². The fraction of sp³-hybridized carbons (Fsp3) is 0.214. The molecule has 0 N–H and O–H groups in total. The Morgan fingerprint density at radius 3 is 2.40 bits per heavy atom. The molecule has 6 nitrogen and oxygen atoms in total. The normalized spacial score (nSPS) is 14.0. The SMILES string of the molecule is COc1ccc(C(=O)N2CC(OC(C)=O)=CC2=O)cc1. The van der Waals surface area contributed by atoms with Crippen molar-refractivity contribution in [2.45, 2.75) is 6.92 Å². The van der Waals surface area contributed by atoms with Gasteiger partial charge in [-0.15, -0.1) is 0 Å². The number of imide groups is 1. The lowest BCUT2D eigenvalue weighted by Gasteiger charge is -2.14. The second kappa shape index (κ2) is 5.56. The largest absolute Gasteiger partial charge is 0.497 e. The van der Waals surface area contributed by atoms with Crippen LogP contribution in [0.25, 0.3) is 0 Å². The molecule has 2 amide bonds. The zero-order chi connectivity index (χ0) is 14.7. The first-order chi connectivity index (χ1) is 9.51. The van der Waals surface area contributed by atoms with Crippen LogP contribution in [0.5, 0.6) is 5.75 Å². The van der Waals surface area contributed by atoms with E-state index in [9.17, 15) is 14.4 Å². The van der Waals surface area contributed by atoms with E-state index >= 15 is 0 Å². The first-order valence-corrected chi connectivity index (χ1v) is 5.90. The fourth-order valence-electron chi connectivity index (χ4n) is 1.80. The van der Waals surface area contributed by atoms with Gasteiger partial charge in [-0.3, -0.25) is 19.3 Å². The van der Waals surface area contributed by atoms with E-state index in [1.165, 1.54) is 14.0 Å². The average Bonchev–Trinajstić information content (AvgIpc) is 2.78. The van der Waals surface area contributed by atoms with Crippen molar-refractivity contribution in [2.75, 3.05) is 13.7 Å². The molecule has 0 atom stereocenters. The molecule has 0 fully saturated rings. The molecular formula is C14H13NO5. The Balaban J connectivity index is 2.10. The molecular weight excluding hydrogens is 262 g/mol. The minimum absolute atomic E-state index is 0.0384. The molecule has 1 heterocycles. The summed E-state index contributed by atoms with van der Waals surface area (Å²) in [6, 6.07) is 6.40. The highest BCUT2D eigenvalue weighted by Gasteiger charge is 2.29. The van der Waals surface area contributed by atoms with Crippen LogP contribution in [0, 0.1) is 0 Å². The summed E-state index contributed by atoms with van der Waals surface area (Å²) >= 11 is 0. The highest BCUT2D eigenvalue weighted by Crippen LogP contribution is 2.18. The molecule has 0 unspecified atom stereocenters. The summed E-state index contributed by atoms with van der Waals surface area (Å²) in [7, 11) is 1.52. The molecule has 6 heteroatoms. The minimum Gasteiger partial charge on any atom is -0.497 e. The number of hydrogen-bond donors (Lipinski definition) is 0. The molecule has 0 aromatic heterocycles. The molecule has 104 valence electrons. The van der Waals surface area contributed by atoms with E-state index in [0.717, 1.165) is 11.0 Å². The summed E-state index contributed by atoms with van der Waals surface area (Å²) in [5.74, 6) is -0.682. The van der Waals surface area contributed by atoms with Crippen LogP contribution < -0.4 is 4.74 Å². The molecule has 2 rings (SSSR count). The molecule has 20 heavy (non-hydrogen) atoms. The third-order valence-corrected chi connectivity index (χ3v) is 2.72. The van der Waals surface area contributed by atoms with Gasteiger partial charge >= 0.3 is 5.97 Å². The van der Waals surface area contributed by atoms with Crippen molar-refractivity contribution < 1.29 is 23.9 Å². The van der Waals surface area contributed by atoms with Gasteiger partial charge in [0.1, 0.15) is 11.5 Å². The standard InChI is InChI=1S/C14H13NO5/c1-9(16)20-12-7-13(17)15(8-12)14(18)10-3-5-11(19-2)6-4-10/h3-7H,8H2,1-2H3. The summed E-state index contributed by atoms with van der Waals surface area (Å²) in [6.45, 7) is 1.20. The third kappa shape index (κ3) is 2.85. The number of esters is 1. The van der Waals surface area contributed by atoms with Gasteiger partial charge in [-0.2, -0.15) is 0 Å². The van der Waals surface area contributed by atoms with Crippen LogP contribution in [0.4, 0.5) is 0 Å². The molecule has 1 aliphatic rings. The number of carbonyl (C=O) groups excluding carboxylic acids is 3. The van der Waals surface area contributed by atoms with E-state index in [-0.39, 0.29) is 12.3 Å². The summed E-state index contributed by atoms with van der Waals surface area (Å²) in [5, 5.41) is 0. The number of benzene rings is 1. The molecule has 0 spiro atoms. The zero-order valence-corrected chi connectivity index (χ0v) is 11.1. The maximum Gasteiger partial charge on any atom is 0.307 e. The quantitative estimate of drug-likeness (QED) is 0.610. The fourth-order valence-corrected chi connectivity index (χ4v) is 1.80. The Hall–Kier alpha value is -2.63. The van der Waals surface area contributed by atoms with Gasteiger partial charge in [0.05, 0.1) is 13.7 Å². The Bertz CT molecular complexity index is 588. The topological polar surface area (TPSA) is 72.9 Å². The number of rotatable bonds is 3. The molecule has 0 radical (unpaired) electrons. The van der Waals surface area contributed by atoms with Crippen molar-refractivity contribution in [3.8, 4) is 5.75 Å². The van der Waals surface area contributed by atoms with Crippen LogP contribution in [0.1, 0.15) is 17.3 Å². The van der Waals surface area contributed by atoms with Crippen LogP contribution in [-0.4, -0.2) is 36.3 Å². The number of nitrogens with zero attached hydrogens (tertiary/aromatic N) is 1. The predicted molar refractivity (Wildman–Crippen MR) is 68.9 cm³/mol. The number of carbonyl (C=O) groups is 3. The lowest BCUT2D eigenvalue weighted by molar-refractivity contribution is -0.137. The van der Waals surface area contributed by atoms with Gasteiger partial charge in [0.2, 0.25) is 0 Å². The van der Waals surface area contributed by atoms with Gasteiger partial charge in [0, 0.05) is 18.6 Å². The third-order valence-electron chi connectivity index (χ3n) is 2.72. The molecule has 1 aromatic carbocycles. The Labute approximate surface area is 115 Å². The molecule has 1 aliphatic heterocycles. The van der Waals surface area contributed by atoms with Crippen LogP contribution in [-0.2, 0) is 14.3 Å². The van der Waals surface area contributed by atoms with Crippen LogP contribution in [0.15, 0.2) is 36.1 Å². The summed E-state index contributed by atoms with van der Waals surface area (Å²) in [4.78, 5) is 35.7. The highest BCUT2D eigenvalue weighted by atomic mass is 16.5. The Kier molecular flexibility index (Phi) is 3.84. The van der Waals surface area contributed by atoms with Crippen LogP contribution in [0.3, 0.4) is 0 Å². The van der Waals surface area contributed by atoms with Crippen molar-refractivity contribution in [1.29, 1.82) is 0 Å². The number of hydrogen-bond acceptors (Lipinski definition) is 5. The van der Waals surface area contributed by atoms with Crippen molar-refractivity contribution in [3.63, 3.8) is 0 Å². The van der Waals surface area contributed by atoms with E-state index in [0.29, 0.717) is 11.3 Å². The molecule has 1 aromatic rings. The zero-order valence-electron chi connectivity index (χ0n) is 11.1. The Morgan fingerprint density at radius 2 is 1.85 bits per heavy atom. The van der Waals surface area contributed by atoms with E-state index in [1.54, 1.807) is 24.3 Å². The average molecular weight is 275 g/mol. The lowest BCUT2D eigenvalue weighted by Crippen LogP contribution is -2.33. The second-order valence-electron chi connectivity index (χ2n) is 4.16. The van der Waals surface area contributed by atoms with Gasteiger partial charge in [-0.1, -0.05) is 0 Å². The minimum atomic E-state index is -0.525. The van der Waals surface area contributed by atoms with Gasteiger partial charge in [0.25, 0.3) is 11.8 Å². The van der Waals surface area contributed by atoms with Gasteiger partial charge < -0.3 is 9.47 Å². The molecule has 0 saturated heterocycles. The van der Waals surface area contributed by atoms with Crippen molar-refractivity contribution in [2.24, 2.45) is 0 Å². The van der Waals surface area contributed by atoms with Crippen LogP contribution in [0.2, 0.25) is 0 Å². The predicted octanol–water partition coefficient (Wildman–Crippen LogP) is 1.12. The lowest BCUT2D eigenvalue weighted by atomic mass is 10.2. The maximum absolute atomic E-state index is 12.2. The molecule has 0 bridgehead atoms. The van der Waals surface area contributed by atoms with Crippen LogP contribution >= 0.6 is 0 Å². The first kappa shape index (κ1) is 13.8. The smallest absolute Gasteiger partial charge is 0.307 e. The second-order valence-corrected chi connectivity index (χ2v) is 4.16. The van der Waals surface area contributed by atoms with Gasteiger partial charge in [-0.25, -0.2) is 0 Å². The summed E-state index contributed by atoms with van der Waals surface area (Å²) in [5.41, 5.74) is 0.358. The number of amides is 2. The number of methoxy groups -OCH3 is 1. The van der Waals surface area contributed by atoms with E-state index in [1.807, 2.05) is 0 Å². The van der Waals surface area contributed by atoms with E-state index < -0.39 is 17.8 Å². The molecule has 0 saturated carbocycles. The van der Waals surface area contributed by atoms with Crippen molar-refractivity contribution >= 4 is 17.8 Å². The maximum atomic E-state index is 12.2. The van der Waals surface area contributed by atoms with Gasteiger partial charge in [0.15, 0.2) is 0 Å². The number of ether oxygens (including phenoxy) is 2. The first-order valence-electron chi connectivity index (χ1n) is 5.90. The van der Waals surface area contributed by atoms with Crippen molar-refractivity contribution in [3.05, 3.63) is 41.7 Å². The Morgan fingerprint density at radius 1 is 1.20 bits per heavy atom. The van der Waals surface area contributed by atoms with E-state index in [2.05, 4.69) is 0 Å². The monoisotopic (exact) mass is 275 g/mol. The van der Waals surface area contributed by atoms with E-state index in [4.69, 9.17) is 9.47 Å². The highest BCUT2D eigenvalue weighted by molar-refractivity contribution is 6.09. The molecule has 0 aliphatic carbocycles. The summed E-state index contributed by atoms with van der Waals surface area (Å²) in [6.07, 6.45) is 1.14. The summed E-state index contributed by atoms with van der Waals surface area (Å²) < 4.78 is 9.82.